The minimum absolute atomic E-state index is 0.141. The molecule has 1 aromatic rings. The molecule has 0 saturated carbocycles. The van der Waals surface area contributed by atoms with Gasteiger partial charge in [-0.3, -0.25) is 4.79 Å². The largest absolute Gasteiger partial charge is 0.376 e. The predicted molar refractivity (Wildman–Crippen MR) is 49.1 cm³/mol. The Morgan fingerprint density at radius 2 is 2.00 bits per heavy atom. The standard InChI is InChI=1S/C8H9ClN2O/c9-6-1-3-7(4-2-6)11-5-8(10)12/h1-4,11H,5H2,(H2,10,12). The van der Waals surface area contributed by atoms with Crippen LogP contribution in [0.2, 0.25) is 5.02 Å². The van der Waals surface area contributed by atoms with Gasteiger partial charge in [-0.15, -0.1) is 0 Å². The van der Waals surface area contributed by atoms with Gasteiger partial charge < -0.3 is 11.1 Å². The van der Waals surface area contributed by atoms with Crippen LogP contribution in [0.1, 0.15) is 0 Å². The molecule has 0 aliphatic heterocycles. The van der Waals surface area contributed by atoms with E-state index in [0.29, 0.717) is 5.02 Å². The van der Waals surface area contributed by atoms with Crippen LogP contribution in [0.5, 0.6) is 0 Å². The average Bonchev–Trinajstić information content (AvgIpc) is 2.03. The number of hydrogen-bond donors (Lipinski definition) is 2. The third-order valence-corrected chi connectivity index (χ3v) is 1.56. The van der Waals surface area contributed by atoms with Crippen molar-refractivity contribution in [2.45, 2.75) is 0 Å². The summed E-state index contributed by atoms with van der Waals surface area (Å²) in [7, 11) is 0. The van der Waals surface area contributed by atoms with Gasteiger partial charge in [0, 0.05) is 10.7 Å². The number of hydrogen-bond acceptors (Lipinski definition) is 2. The summed E-state index contributed by atoms with van der Waals surface area (Å²) in [5, 5.41) is 3.50. The Bertz CT molecular complexity index is 271. The molecular formula is C8H9ClN2O. The number of carbonyl (C=O) groups excluding carboxylic acids is 1. The molecule has 1 amide bonds. The van der Waals surface area contributed by atoms with Crippen LogP contribution in [0.15, 0.2) is 24.3 Å². The van der Waals surface area contributed by atoms with E-state index in [-0.39, 0.29) is 12.5 Å². The van der Waals surface area contributed by atoms with E-state index in [1.165, 1.54) is 0 Å². The van der Waals surface area contributed by atoms with E-state index in [4.69, 9.17) is 17.3 Å². The summed E-state index contributed by atoms with van der Waals surface area (Å²) in [5.41, 5.74) is 5.77. The van der Waals surface area contributed by atoms with Crippen molar-refractivity contribution in [1.82, 2.24) is 0 Å². The zero-order valence-corrected chi connectivity index (χ0v) is 7.14. The fraction of sp³-hybridized carbons (Fsp3) is 0.125. The van der Waals surface area contributed by atoms with Crippen LogP contribution in [0.3, 0.4) is 0 Å². The summed E-state index contributed by atoms with van der Waals surface area (Å²) in [6.45, 7) is 0.141. The first-order chi connectivity index (χ1) is 5.68. The van der Waals surface area contributed by atoms with Crippen LogP contribution >= 0.6 is 11.6 Å². The van der Waals surface area contributed by atoms with Crippen molar-refractivity contribution in [3.63, 3.8) is 0 Å². The lowest BCUT2D eigenvalue weighted by atomic mass is 10.3. The molecule has 0 heterocycles. The van der Waals surface area contributed by atoms with Crippen molar-refractivity contribution in [3.05, 3.63) is 29.3 Å². The number of halogens is 1. The van der Waals surface area contributed by atoms with Crippen LogP contribution < -0.4 is 11.1 Å². The molecule has 1 rings (SSSR count). The molecule has 0 spiro atoms. The highest BCUT2D eigenvalue weighted by molar-refractivity contribution is 6.30. The lowest BCUT2D eigenvalue weighted by Crippen LogP contribution is -2.21. The molecule has 0 saturated heterocycles. The van der Waals surface area contributed by atoms with E-state index in [9.17, 15) is 4.79 Å². The monoisotopic (exact) mass is 184 g/mol. The minimum Gasteiger partial charge on any atom is -0.376 e. The molecule has 0 atom stereocenters. The second-order valence-corrected chi connectivity index (χ2v) is 2.76. The fourth-order valence-electron chi connectivity index (χ4n) is 0.757. The molecule has 0 unspecified atom stereocenters. The predicted octanol–water partition coefficient (Wildman–Crippen LogP) is 1.24. The number of carbonyl (C=O) groups is 1. The Kier molecular flexibility index (Phi) is 2.94. The van der Waals surface area contributed by atoms with E-state index in [2.05, 4.69) is 5.32 Å². The van der Waals surface area contributed by atoms with Gasteiger partial charge in [0.1, 0.15) is 0 Å². The third kappa shape index (κ3) is 2.80. The summed E-state index contributed by atoms with van der Waals surface area (Å²) in [4.78, 5) is 10.4. The Labute approximate surface area is 75.5 Å². The van der Waals surface area contributed by atoms with Gasteiger partial charge in [0.05, 0.1) is 6.54 Å². The third-order valence-electron chi connectivity index (χ3n) is 1.31. The maximum absolute atomic E-state index is 10.4. The smallest absolute Gasteiger partial charge is 0.236 e. The number of amides is 1. The molecule has 0 bridgehead atoms. The first-order valence-electron chi connectivity index (χ1n) is 3.46. The van der Waals surface area contributed by atoms with Gasteiger partial charge in [-0.1, -0.05) is 11.6 Å². The SMILES string of the molecule is NC(=O)CNc1ccc(Cl)cc1. The first kappa shape index (κ1) is 8.87. The highest BCUT2D eigenvalue weighted by atomic mass is 35.5. The van der Waals surface area contributed by atoms with Crippen LogP contribution in [0, 0.1) is 0 Å². The molecule has 12 heavy (non-hydrogen) atoms. The molecule has 0 fully saturated rings. The molecule has 0 aliphatic rings. The highest BCUT2D eigenvalue weighted by Crippen LogP contribution is 2.12. The van der Waals surface area contributed by atoms with Gasteiger partial charge in [-0.2, -0.15) is 0 Å². The van der Waals surface area contributed by atoms with E-state index >= 15 is 0 Å². The molecule has 1 aromatic carbocycles. The van der Waals surface area contributed by atoms with E-state index < -0.39 is 0 Å². The molecule has 3 nitrogen and oxygen atoms in total. The lowest BCUT2D eigenvalue weighted by Gasteiger charge is -2.02. The van der Waals surface area contributed by atoms with Crippen molar-refractivity contribution >= 4 is 23.2 Å². The first-order valence-corrected chi connectivity index (χ1v) is 3.84. The van der Waals surface area contributed by atoms with Gasteiger partial charge in [-0.05, 0) is 24.3 Å². The molecule has 3 N–H and O–H groups in total. The zero-order valence-electron chi connectivity index (χ0n) is 6.38. The van der Waals surface area contributed by atoms with Crippen molar-refractivity contribution in [2.75, 3.05) is 11.9 Å². The number of benzene rings is 1. The number of nitrogens with two attached hydrogens (primary N) is 1. The van der Waals surface area contributed by atoms with Gasteiger partial charge in [0.2, 0.25) is 5.91 Å². The number of nitrogens with one attached hydrogen (secondary N) is 1. The minimum atomic E-state index is -0.384. The number of primary amides is 1. The van der Waals surface area contributed by atoms with E-state index in [1.54, 1.807) is 24.3 Å². The normalized spacial score (nSPS) is 9.42. The van der Waals surface area contributed by atoms with Gasteiger partial charge >= 0.3 is 0 Å². The molecule has 0 aliphatic carbocycles. The fourth-order valence-corrected chi connectivity index (χ4v) is 0.883. The average molecular weight is 185 g/mol. The van der Waals surface area contributed by atoms with Crippen LogP contribution in [-0.4, -0.2) is 12.5 Å². The molecule has 64 valence electrons. The maximum atomic E-state index is 10.4. The van der Waals surface area contributed by atoms with Gasteiger partial charge in [0.25, 0.3) is 0 Å². The van der Waals surface area contributed by atoms with Crippen LogP contribution in [0.4, 0.5) is 5.69 Å². The van der Waals surface area contributed by atoms with Crippen LogP contribution in [0.25, 0.3) is 0 Å². The quantitative estimate of drug-likeness (QED) is 0.743. The van der Waals surface area contributed by atoms with E-state index in [0.717, 1.165) is 5.69 Å². The molecule has 0 aromatic heterocycles. The Balaban J connectivity index is 2.53. The van der Waals surface area contributed by atoms with Crippen molar-refractivity contribution in [1.29, 1.82) is 0 Å². The topological polar surface area (TPSA) is 55.1 Å². The Morgan fingerprint density at radius 3 is 2.50 bits per heavy atom. The molecular weight excluding hydrogens is 176 g/mol. The zero-order chi connectivity index (χ0) is 8.97. The summed E-state index contributed by atoms with van der Waals surface area (Å²) in [5.74, 6) is -0.384. The van der Waals surface area contributed by atoms with Crippen molar-refractivity contribution < 1.29 is 4.79 Å². The molecule has 0 radical (unpaired) electrons. The number of anilines is 1. The number of rotatable bonds is 3. The highest BCUT2D eigenvalue weighted by Gasteiger charge is 1.94. The van der Waals surface area contributed by atoms with Crippen LogP contribution in [-0.2, 0) is 4.79 Å². The Morgan fingerprint density at radius 1 is 1.42 bits per heavy atom. The summed E-state index contributed by atoms with van der Waals surface area (Å²) < 4.78 is 0. The summed E-state index contributed by atoms with van der Waals surface area (Å²) >= 11 is 5.65. The van der Waals surface area contributed by atoms with E-state index in [1.807, 2.05) is 0 Å². The second-order valence-electron chi connectivity index (χ2n) is 2.33. The lowest BCUT2D eigenvalue weighted by molar-refractivity contribution is -0.116. The summed E-state index contributed by atoms with van der Waals surface area (Å²) in [6.07, 6.45) is 0. The van der Waals surface area contributed by atoms with Crippen molar-refractivity contribution in [3.8, 4) is 0 Å². The maximum Gasteiger partial charge on any atom is 0.236 e. The summed E-state index contributed by atoms with van der Waals surface area (Å²) in [6, 6.07) is 7.05. The molecule has 4 heteroatoms. The van der Waals surface area contributed by atoms with Crippen molar-refractivity contribution in [2.24, 2.45) is 5.73 Å². The van der Waals surface area contributed by atoms with Gasteiger partial charge in [-0.25, -0.2) is 0 Å². The second kappa shape index (κ2) is 3.97. The Hall–Kier alpha value is -1.22. The van der Waals surface area contributed by atoms with Gasteiger partial charge in [0.15, 0.2) is 0 Å².